The first-order valence-corrected chi connectivity index (χ1v) is 7.33. The summed E-state index contributed by atoms with van der Waals surface area (Å²) in [5, 5.41) is 0. The molecule has 1 aromatic heterocycles. The van der Waals surface area contributed by atoms with E-state index in [0.717, 1.165) is 50.6 Å². The minimum Gasteiger partial charge on any atom is -0.329 e. The van der Waals surface area contributed by atoms with Gasteiger partial charge in [0.1, 0.15) is 5.82 Å². The number of para-hydroxylation sites is 2. The Balaban J connectivity index is 1.84. The van der Waals surface area contributed by atoms with Crippen molar-refractivity contribution in [3.05, 3.63) is 30.1 Å². The number of piperazine rings is 1. The van der Waals surface area contributed by atoms with Gasteiger partial charge in [-0.15, -0.1) is 0 Å². The summed E-state index contributed by atoms with van der Waals surface area (Å²) >= 11 is 0. The van der Waals surface area contributed by atoms with Gasteiger partial charge in [0.25, 0.3) is 0 Å². The standard InChI is InChI=1S/C15H23N5/c1-18-8-10-19(11-9-18)12-15-17-13-4-2-3-5-14(13)20(15)7-6-16/h2-5H,6-12,16H2,1H3. The van der Waals surface area contributed by atoms with Crippen LogP contribution in [0.15, 0.2) is 24.3 Å². The highest BCUT2D eigenvalue weighted by Gasteiger charge is 2.17. The summed E-state index contributed by atoms with van der Waals surface area (Å²) in [5.41, 5.74) is 8.03. The van der Waals surface area contributed by atoms with Gasteiger partial charge in [-0.2, -0.15) is 0 Å². The van der Waals surface area contributed by atoms with Crippen LogP contribution < -0.4 is 5.73 Å². The molecule has 1 aromatic carbocycles. The first kappa shape index (κ1) is 13.5. The SMILES string of the molecule is CN1CCN(Cc2nc3ccccc3n2CCN)CC1. The van der Waals surface area contributed by atoms with Crippen molar-refractivity contribution in [3.8, 4) is 0 Å². The van der Waals surface area contributed by atoms with Crippen LogP contribution in [0.3, 0.4) is 0 Å². The second-order valence-electron chi connectivity index (χ2n) is 5.54. The summed E-state index contributed by atoms with van der Waals surface area (Å²) in [6.07, 6.45) is 0. The molecule has 2 aromatic rings. The molecule has 1 aliphatic heterocycles. The lowest BCUT2D eigenvalue weighted by atomic mass is 10.3. The highest BCUT2D eigenvalue weighted by molar-refractivity contribution is 5.75. The van der Waals surface area contributed by atoms with Crippen LogP contribution >= 0.6 is 0 Å². The largest absolute Gasteiger partial charge is 0.329 e. The van der Waals surface area contributed by atoms with Gasteiger partial charge in [0.15, 0.2) is 0 Å². The Bertz CT molecular complexity index is 569. The van der Waals surface area contributed by atoms with E-state index in [0.29, 0.717) is 6.54 Å². The van der Waals surface area contributed by atoms with Crippen LogP contribution in [0.4, 0.5) is 0 Å². The number of rotatable bonds is 4. The van der Waals surface area contributed by atoms with Crippen LogP contribution in [-0.4, -0.2) is 59.1 Å². The van der Waals surface area contributed by atoms with Crippen LogP contribution in [-0.2, 0) is 13.1 Å². The topological polar surface area (TPSA) is 50.3 Å². The molecular weight excluding hydrogens is 250 g/mol. The van der Waals surface area contributed by atoms with Crippen LogP contribution in [0, 0.1) is 0 Å². The first-order chi connectivity index (χ1) is 9.78. The van der Waals surface area contributed by atoms with Crippen molar-refractivity contribution >= 4 is 11.0 Å². The first-order valence-electron chi connectivity index (χ1n) is 7.33. The Morgan fingerprint density at radius 2 is 1.90 bits per heavy atom. The maximum atomic E-state index is 5.76. The Kier molecular flexibility index (Phi) is 4.00. The van der Waals surface area contributed by atoms with Gasteiger partial charge >= 0.3 is 0 Å². The second-order valence-corrected chi connectivity index (χ2v) is 5.54. The molecule has 108 valence electrons. The number of aromatic nitrogens is 2. The number of hydrogen-bond acceptors (Lipinski definition) is 4. The Labute approximate surface area is 120 Å². The van der Waals surface area contributed by atoms with Gasteiger partial charge in [0.05, 0.1) is 17.6 Å². The average molecular weight is 273 g/mol. The summed E-state index contributed by atoms with van der Waals surface area (Å²) in [6.45, 7) is 6.90. The van der Waals surface area contributed by atoms with Crippen LogP contribution in [0.2, 0.25) is 0 Å². The molecule has 0 unspecified atom stereocenters. The molecule has 0 amide bonds. The van der Waals surface area contributed by atoms with Gasteiger partial charge in [-0.25, -0.2) is 4.98 Å². The molecule has 1 saturated heterocycles. The quantitative estimate of drug-likeness (QED) is 0.893. The van der Waals surface area contributed by atoms with E-state index in [2.05, 4.69) is 39.6 Å². The number of likely N-dealkylation sites (N-methyl/N-ethyl adjacent to an activating group) is 1. The highest BCUT2D eigenvalue weighted by atomic mass is 15.3. The summed E-state index contributed by atoms with van der Waals surface area (Å²) in [6, 6.07) is 8.32. The van der Waals surface area contributed by atoms with E-state index in [1.807, 2.05) is 6.07 Å². The molecule has 20 heavy (non-hydrogen) atoms. The van der Waals surface area contributed by atoms with Crippen molar-refractivity contribution in [2.45, 2.75) is 13.1 Å². The normalized spacial score (nSPS) is 17.9. The number of nitrogens with zero attached hydrogens (tertiary/aromatic N) is 4. The smallest absolute Gasteiger partial charge is 0.124 e. The zero-order valence-corrected chi connectivity index (χ0v) is 12.1. The molecule has 0 radical (unpaired) electrons. The third-order valence-corrected chi connectivity index (χ3v) is 4.05. The van der Waals surface area contributed by atoms with Gasteiger partial charge in [0.2, 0.25) is 0 Å². The minimum absolute atomic E-state index is 0.649. The van der Waals surface area contributed by atoms with Crippen molar-refractivity contribution in [3.63, 3.8) is 0 Å². The van der Waals surface area contributed by atoms with E-state index < -0.39 is 0 Å². The van der Waals surface area contributed by atoms with Crippen LogP contribution in [0.5, 0.6) is 0 Å². The van der Waals surface area contributed by atoms with E-state index in [1.165, 1.54) is 5.52 Å². The van der Waals surface area contributed by atoms with E-state index in [-0.39, 0.29) is 0 Å². The van der Waals surface area contributed by atoms with Crippen molar-refractivity contribution in [1.29, 1.82) is 0 Å². The van der Waals surface area contributed by atoms with Gasteiger partial charge in [-0.3, -0.25) is 4.90 Å². The molecule has 0 saturated carbocycles. The Hall–Kier alpha value is -1.43. The third-order valence-electron chi connectivity index (χ3n) is 4.05. The van der Waals surface area contributed by atoms with Crippen molar-refractivity contribution < 1.29 is 0 Å². The molecule has 1 fully saturated rings. The molecule has 1 aliphatic rings. The lowest BCUT2D eigenvalue weighted by Crippen LogP contribution is -2.44. The summed E-state index contributed by atoms with van der Waals surface area (Å²) in [7, 11) is 2.18. The molecule has 5 heteroatoms. The Morgan fingerprint density at radius 1 is 1.15 bits per heavy atom. The van der Waals surface area contributed by atoms with Crippen LogP contribution in [0.25, 0.3) is 11.0 Å². The molecule has 0 aliphatic carbocycles. The lowest BCUT2D eigenvalue weighted by molar-refractivity contribution is 0.144. The fourth-order valence-electron chi connectivity index (χ4n) is 2.83. The monoisotopic (exact) mass is 273 g/mol. The van der Waals surface area contributed by atoms with Gasteiger partial charge in [0, 0.05) is 39.3 Å². The van der Waals surface area contributed by atoms with Gasteiger partial charge < -0.3 is 15.2 Å². The maximum Gasteiger partial charge on any atom is 0.124 e. The average Bonchev–Trinajstić information content (AvgIpc) is 2.80. The number of imidazole rings is 1. The number of fused-ring (bicyclic) bond motifs is 1. The molecular formula is C15H23N5. The van der Waals surface area contributed by atoms with E-state index in [4.69, 9.17) is 10.7 Å². The zero-order chi connectivity index (χ0) is 13.9. The summed E-state index contributed by atoms with van der Waals surface area (Å²) in [4.78, 5) is 9.65. The fourth-order valence-corrected chi connectivity index (χ4v) is 2.83. The zero-order valence-electron chi connectivity index (χ0n) is 12.1. The number of benzene rings is 1. The minimum atomic E-state index is 0.649. The number of hydrogen-bond donors (Lipinski definition) is 1. The Morgan fingerprint density at radius 3 is 2.65 bits per heavy atom. The molecule has 0 atom stereocenters. The predicted octanol–water partition coefficient (Wildman–Crippen LogP) is 0.742. The molecule has 0 spiro atoms. The number of nitrogens with two attached hydrogens (primary N) is 1. The molecule has 3 rings (SSSR count). The molecule has 5 nitrogen and oxygen atoms in total. The van der Waals surface area contributed by atoms with Gasteiger partial charge in [-0.05, 0) is 19.2 Å². The third kappa shape index (κ3) is 2.70. The lowest BCUT2D eigenvalue weighted by Gasteiger charge is -2.32. The van der Waals surface area contributed by atoms with Gasteiger partial charge in [-0.1, -0.05) is 12.1 Å². The van der Waals surface area contributed by atoms with E-state index in [9.17, 15) is 0 Å². The molecule has 2 heterocycles. The predicted molar refractivity (Wildman–Crippen MR) is 81.6 cm³/mol. The molecule has 2 N–H and O–H groups in total. The highest BCUT2D eigenvalue weighted by Crippen LogP contribution is 2.17. The maximum absolute atomic E-state index is 5.76. The summed E-state index contributed by atoms with van der Waals surface area (Å²) in [5.74, 6) is 1.14. The second kappa shape index (κ2) is 5.91. The van der Waals surface area contributed by atoms with E-state index >= 15 is 0 Å². The van der Waals surface area contributed by atoms with Crippen molar-refractivity contribution in [1.82, 2.24) is 19.4 Å². The van der Waals surface area contributed by atoms with Crippen molar-refractivity contribution in [2.24, 2.45) is 5.73 Å². The molecule has 0 bridgehead atoms. The summed E-state index contributed by atoms with van der Waals surface area (Å²) < 4.78 is 2.27. The van der Waals surface area contributed by atoms with E-state index in [1.54, 1.807) is 0 Å². The van der Waals surface area contributed by atoms with Crippen LogP contribution in [0.1, 0.15) is 5.82 Å². The fraction of sp³-hybridized carbons (Fsp3) is 0.533. The van der Waals surface area contributed by atoms with Crippen molar-refractivity contribution in [2.75, 3.05) is 39.8 Å².